The molecule has 162 valence electrons. The van der Waals surface area contributed by atoms with Crippen molar-refractivity contribution in [3.05, 3.63) is 74.7 Å². The van der Waals surface area contributed by atoms with Crippen molar-refractivity contribution < 1.29 is 18.7 Å². The minimum absolute atomic E-state index is 0.107. The van der Waals surface area contributed by atoms with Crippen molar-refractivity contribution >= 4 is 34.5 Å². The van der Waals surface area contributed by atoms with Crippen molar-refractivity contribution in [1.82, 2.24) is 4.90 Å². The van der Waals surface area contributed by atoms with Crippen LogP contribution in [0.2, 0.25) is 5.02 Å². The van der Waals surface area contributed by atoms with Crippen LogP contribution >= 0.6 is 22.9 Å². The first-order chi connectivity index (χ1) is 15.0. The maximum atomic E-state index is 14.1. The number of thiophene rings is 1. The molecule has 0 spiro atoms. The molecule has 1 unspecified atom stereocenters. The summed E-state index contributed by atoms with van der Waals surface area (Å²) < 4.78 is 25.1. The summed E-state index contributed by atoms with van der Waals surface area (Å²) in [4.78, 5) is 16.0. The summed E-state index contributed by atoms with van der Waals surface area (Å²) in [5, 5.41) is 4.96. The highest BCUT2D eigenvalue weighted by Gasteiger charge is 2.32. The molecule has 0 fully saturated rings. The topological polar surface area (TPSA) is 50.8 Å². The van der Waals surface area contributed by atoms with Crippen LogP contribution in [-0.4, -0.2) is 38.1 Å². The molecule has 1 aliphatic rings. The standard InChI is InChI=1S/C23H22ClFN2O3S/c1-29-19-10-14-7-8-27(13-22(28)26-18-6-5-15(24)11-17(18)25)23(21-4-3-9-31-21)16(14)12-20(19)30-2/h3-6,9-12,23H,7-8,13H2,1-2H3,(H,26,28). The van der Waals surface area contributed by atoms with Crippen molar-refractivity contribution in [2.24, 2.45) is 0 Å². The number of nitrogens with zero attached hydrogens (tertiary/aromatic N) is 1. The maximum absolute atomic E-state index is 14.1. The lowest BCUT2D eigenvalue weighted by Gasteiger charge is -2.37. The Balaban J connectivity index is 1.62. The van der Waals surface area contributed by atoms with Gasteiger partial charge in [0.05, 0.1) is 32.5 Å². The number of carbonyl (C=O) groups is 1. The molecule has 8 heteroatoms. The molecule has 5 nitrogen and oxygen atoms in total. The van der Waals surface area contributed by atoms with Crippen LogP contribution in [0.1, 0.15) is 22.0 Å². The summed E-state index contributed by atoms with van der Waals surface area (Å²) in [5.41, 5.74) is 2.36. The number of anilines is 1. The molecular formula is C23H22ClFN2O3S. The van der Waals surface area contributed by atoms with Gasteiger partial charge in [0.15, 0.2) is 11.5 Å². The second-order valence-electron chi connectivity index (χ2n) is 7.22. The van der Waals surface area contributed by atoms with E-state index in [9.17, 15) is 9.18 Å². The first-order valence-corrected chi connectivity index (χ1v) is 11.0. The van der Waals surface area contributed by atoms with E-state index >= 15 is 0 Å². The van der Waals surface area contributed by atoms with Crippen LogP contribution < -0.4 is 14.8 Å². The third kappa shape index (κ3) is 4.54. The van der Waals surface area contributed by atoms with Crippen LogP contribution in [-0.2, 0) is 11.2 Å². The molecule has 1 aliphatic heterocycles. The van der Waals surface area contributed by atoms with Gasteiger partial charge in [-0.1, -0.05) is 17.7 Å². The molecule has 1 N–H and O–H groups in total. The summed E-state index contributed by atoms with van der Waals surface area (Å²) >= 11 is 7.44. The number of hydrogen-bond donors (Lipinski definition) is 1. The van der Waals surface area contributed by atoms with Gasteiger partial charge in [-0.05, 0) is 59.3 Å². The van der Waals surface area contributed by atoms with Gasteiger partial charge in [0.2, 0.25) is 5.91 Å². The lowest BCUT2D eigenvalue weighted by Crippen LogP contribution is -2.41. The molecule has 1 atom stereocenters. The van der Waals surface area contributed by atoms with Crippen LogP contribution in [0.4, 0.5) is 10.1 Å². The first-order valence-electron chi connectivity index (χ1n) is 9.77. The minimum atomic E-state index is -0.559. The fourth-order valence-electron chi connectivity index (χ4n) is 3.91. The molecule has 0 aliphatic carbocycles. The van der Waals surface area contributed by atoms with Crippen LogP contribution in [0.5, 0.6) is 11.5 Å². The van der Waals surface area contributed by atoms with Gasteiger partial charge in [0.1, 0.15) is 5.82 Å². The Labute approximate surface area is 189 Å². The Bertz CT molecular complexity index is 1090. The molecule has 0 saturated heterocycles. The highest BCUT2D eigenvalue weighted by molar-refractivity contribution is 7.10. The van der Waals surface area contributed by atoms with E-state index in [-0.39, 0.29) is 29.2 Å². The summed E-state index contributed by atoms with van der Waals surface area (Å²) in [7, 11) is 3.23. The molecule has 2 heterocycles. The summed E-state index contributed by atoms with van der Waals surface area (Å²) in [6.45, 7) is 0.806. The predicted molar refractivity (Wildman–Crippen MR) is 121 cm³/mol. The average molecular weight is 461 g/mol. The third-order valence-electron chi connectivity index (χ3n) is 5.34. The van der Waals surface area contributed by atoms with E-state index in [0.29, 0.717) is 18.0 Å². The van der Waals surface area contributed by atoms with Crippen LogP contribution in [0.15, 0.2) is 47.8 Å². The van der Waals surface area contributed by atoms with Gasteiger partial charge in [-0.3, -0.25) is 9.69 Å². The Hall–Kier alpha value is -2.61. The lowest BCUT2D eigenvalue weighted by atomic mass is 9.91. The number of benzene rings is 2. The van der Waals surface area contributed by atoms with E-state index < -0.39 is 5.82 Å². The Morgan fingerprint density at radius 1 is 1.23 bits per heavy atom. The number of amides is 1. The fraction of sp³-hybridized carbons (Fsp3) is 0.261. The Kier molecular flexibility index (Phi) is 6.46. The summed E-state index contributed by atoms with van der Waals surface area (Å²) in [6.07, 6.45) is 0.764. The van der Waals surface area contributed by atoms with Crippen molar-refractivity contribution in [3.63, 3.8) is 0 Å². The van der Waals surface area contributed by atoms with Crippen LogP contribution in [0, 0.1) is 5.82 Å². The van der Waals surface area contributed by atoms with E-state index in [2.05, 4.69) is 16.3 Å². The van der Waals surface area contributed by atoms with Crippen molar-refractivity contribution in [1.29, 1.82) is 0 Å². The molecule has 0 bridgehead atoms. The smallest absolute Gasteiger partial charge is 0.238 e. The maximum Gasteiger partial charge on any atom is 0.238 e. The Morgan fingerprint density at radius 2 is 2.00 bits per heavy atom. The van der Waals surface area contributed by atoms with Crippen molar-refractivity contribution in [2.75, 3.05) is 32.6 Å². The molecule has 31 heavy (non-hydrogen) atoms. The molecule has 0 saturated carbocycles. The molecule has 1 aromatic heterocycles. The molecule has 1 amide bonds. The highest BCUT2D eigenvalue weighted by Crippen LogP contribution is 2.42. The van der Waals surface area contributed by atoms with Gasteiger partial charge < -0.3 is 14.8 Å². The second kappa shape index (κ2) is 9.26. The van der Waals surface area contributed by atoms with Gasteiger partial charge in [0, 0.05) is 16.4 Å². The van der Waals surface area contributed by atoms with Crippen LogP contribution in [0.25, 0.3) is 0 Å². The predicted octanol–water partition coefficient (Wildman–Crippen LogP) is 5.14. The molecule has 0 radical (unpaired) electrons. The molecule has 3 aromatic rings. The summed E-state index contributed by atoms with van der Waals surface area (Å²) in [6, 6.07) is 12.1. The van der Waals surface area contributed by atoms with Gasteiger partial charge in [-0.25, -0.2) is 4.39 Å². The number of halogens is 2. The quantitative estimate of drug-likeness (QED) is 0.553. The van der Waals surface area contributed by atoms with Gasteiger partial charge in [0.25, 0.3) is 0 Å². The monoisotopic (exact) mass is 460 g/mol. The minimum Gasteiger partial charge on any atom is -0.493 e. The highest BCUT2D eigenvalue weighted by atomic mass is 35.5. The zero-order valence-corrected chi connectivity index (χ0v) is 18.7. The number of carbonyl (C=O) groups excluding carboxylic acids is 1. The van der Waals surface area contributed by atoms with Crippen molar-refractivity contribution in [2.45, 2.75) is 12.5 Å². The number of rotatable bonds is 6. The summed E-state index contributed by atoms with van der Waals surface area (Å²) in [5.74, 6) is 0.496. The van der Waals surface area contributed by atoms with E-state index in [0.717, 1.165) is 22.4 Å². The normalized spacial score (nSPS) is 15.9. The fourth-order valence-corrected chi connectivity index (χ4v) is 4.95. The first kappa shape index (κ1) is 21.6. The zero-order valence-electron chi connectivity index (χ0n) is 17.2. The number of ether oxygens (including phenoxy) is 2. The van der Waals surface area contributed by atoms with E-state index in [1.165, 1.54) is 12.1 Å². The number of hydrogen-bond acceptors (Lipinski definition) is 5. The van der Waals surface area contributed by atoms with E-state index in [1.54, 1.807) is 31.6 Å². The van der Waals surface area contributed by atoms with E-state index in [4.69, 9.17) is 21.1 Å². The van der Waals surface area contributed by atoms with Crippen LogP contribution in [0.3, 0.4) is 0 Å². The van der Waals surface area contributed by atoms with Gasteiger partial charge in [-0.15, -0.1) is 11.3 Å². The number of fused-ring (bicyclic) bond motifs is 1. The zero-order chi connectivity index (χ0) is 22.0. The lowest BCUT2D eigenvalue weighted by molar-refractivity contribution is -0.117. The second-order valence-corrected chi connectivity index (χ2v) is 8.63. The number of methoxy groups -OCH3 is 2. The SMILES string of the molecule is COc1cc2c(cc1OC)C(c1cccs1)N(CC(=O)Nc1ccc(Cl)cc1F)CC2. The van der Waals surface area contributed by atoms with E-state index in [1.807, 2.05) is 23.6 Å². The third-order valence-corrected chi connectivity index (χ3v) is 6.50. The Morgan fingerprint density at radius 3 is 2.68 bits per heavy atom. The molecular weight excluding hydrogens is 439 g/mol. The van der Waals surface area contributed by atoms with Crippen molar-refractivity contribution in [3.8, 4) is 11.5 Å². The number of nitrogens with one attached hydrogen (secondary N) is 1. The molecule has 4 rings (SSSR count). The molecule has 2 aromatic carbocycles. The van der Waals surface area contributed by atoms with Gasteiger partial charge >= 0.3 is 0 Å². The largest absolute Gasteiger partial charge is 0.493 e. The van der Waals surface area contributed by atoms with Gasteiger partial charge in [-0.2, -0.15) is 0 Å². The average Bonchev–Trinajstić information content (AvgIpc) is 3.29.